The van der Waals surface area contributed by atoms with Gasteiger partial charge in [0, 0.05) is 12.1 Å². The van der Waals surface area contributed by atoms with E-state index in [2.05, 4.69) is 0 Å². The lowest BCUT2D eigenvalue weighted by Gasteiger charge is -2.24. The van der Waals surface area contributed by atoms with Crippen LogP contribution in [-0.4, -0.2) is 26.4 Å². The SMILES string of the molecule is COc1ccc(C2(C)OCC(CN)O2)cc1Cl. The van der Waals surface area contributed by atoms with Crippen LogP contribution in [0.3, 0.4) is 0 Å². The summed E-state index contributed by atoms with van der Waals surface area (Å²) < 4.78 is 16.5. The van der Waals surface area contributed by atoms with Crippen molar-refractivity contribution in [2.75, 3.05) is 20.3 Å². The Morgan fingerprint density at radius 1 is 1.59 bits per heavy atom. The van der Waals surface area contributed by atoms with Crippen LogP contribution in [0.5, 0.6) is 5.75 Å². The first kappa shape index (κ1) is 12.6. The predicted octanol–water partition coefficient (Wildman–Crippen LogP) is 1.90. The third-order valence-corrected chi connectivity index (χ3v) is 3.17. The van der Waals surface area contributed by atoms with E-state index in [0.717, 1.165) is 5.56 Å². The molecule has 1 aromatic rings. The van der Waals surface area contributed by atoms with Gasteiger partial charge in [-0.25, -0.2) is 0 Å². The molecule has 0 spiro atoms. The number of hydrogen-bond acceptors (Lipinski definition) is 4. The van der Waals surface area contributed by atoms with Gasteiger partial charge in [-0.2, -0.15) is 0 Å². The zero-order valence-electron chi connectivity index (χ0n) is 9.90. The van der Waals surface area contributed by atoms with E-state index >= 15 is 0 Å². The van der Waals surface area contributed by atoms with Gasteiger partial charge >= 0.3 is 0 Å². The lowest BCUT2D eigenvalue weighted by atomic mass is 10.1. The van der Waals surface area contributed by atoms with Gasteiger partial charge in [-0.05, 0) is 25.1 Å². The van der Waals surface area contributed by atoms with Crippen molar-refractivity contribution in [3.8, 4) is 5.75 Å². The fourth-order valence-electron chi connectivity index (χ4n) is 1.85. The summed E-state index contributed by atoms with van der Waals surface area (Å²) in [6.45, 7) is 2.80. The molecule has 0 amide bonds. The molecule has 0 aliphatic carbocycles. The molecule has 1 saturated heterocycles. The van der Waals surface area contributed by atoms with Gasteiger partial charge in [0.25, 0.3) is 0 Å². The maximum atomic E-state index is 6.08. The highest BCUT2D eigenvalue weighted by molar-refractivity contribution is 6.32. The highest BCUT2D eigenvalue weighted by Crippen LogP contribution is 2.36. The molecule has 2 N–H and O–H groups in total. The summed E-state index contributed by atoms with van der Waals surface area (Å²) in [4.78, 5) is 0. The van der Waals surface area contributed by atoms with Crippen LogP contribution in [0.15, 0.2) is 18.2 Å². The second kappa shape index (κ2) is 4.82. The molecule has 1 fully saturated rings. The summed E-state index contributed by atoms with van der Waals surface area (Å²) in [6.07, 6.45) is -0.0686. The Morgan fingerprint density at radius 3 is 2.88 bits per heavy atom. The van der Waals surface area contributed by atoms with E-state index in [9.17, 15) is 0 Å². The van der Waals surface area contributed by atoms with Crippen LogP contribution in [0.2, 0.25) is 5.02 Å². The smallest absolute Gasteiger partial charge is 0.192 e. The second-order valence-electron chi connectivity index (χ2n) is 4.08. The maximum Gasteiger partial charge on any atom is 0.192 e. The van der Waals surface area contributed by atoms with E-state index in [1.54, 1.807) is 19.2 Å². The number of ether oxygens (including phenoxy) is 3. The van der Waals surface area contributed by atoms with Gasteiger partial charge in [0.05, 0.1) is 24.8 Å². The molecule has 0 bridgehead atoms. The fraction of sp³-hybridized carbons (Fsp3) is 0.500. The van der Waals surface area contributed by atoms with Crippen molar-refractivity contribution in [2.45, 2.75) is 18.8 Å². The van der Waals surface area contributed by atoms with Crippen molar-refractivity contribution < 1.29 is 14.2 Å². The summed E-state index contributed by atoms with van der Waals surface area (Å²) in [5, 5.41) is 0.537. The quantitative estimate of drug-likeness (QED) is 0.899. The number of halogens is 1. The zero-order valence-corrected chi connectivity index (χ0v) is 10.7. The number of nitrogens with two attached hydrogens (primary N) is 1. The van der Waals surface area contributed by atoms with E-state index in [0.29, 0.717) is 23.9 Å². The van der Waals surface area contributed by atoms with Gasteiger partial charge in [-0.15, -0.1) is 0 Å². The van der Waals surface area contributed by atoms with E-state index in [1.165, 1.54) is 0 Å². The molecule has 1 aromatic carbocycles. The molecule has 0 aromatic heterocycles. The molecular formula is C12H16ClNO3. The third kappa shape index (κ3) is 2.40. The molecule has 1 aliphatic rings. The number of methoxy groups -OCH3 is 1. The molecule has 5 heteroatoms. The van der Waals surface area contributed by atoms with Crippen LogP contribution in [-0.2, 0) is 15.3 Å². The van der Waals surface area contributed by atoms with Crippen LogP contribution in [0.4, 0.5) is 0 Å². The van der Waals surface area contributed by atoms with Gasteiger partial charge in [-0.1, -0.05) is 11.6 Å². The zero-order chi connectivity index (χ0) is 12.5. The Labute approximate surface area is 106 Å². The Bertz CT molecular complexity index is 413. The third-order valence-electron chi connectivity index (χ3n) is 2.88. The number of hydrogen-bond donors (Lipinski definition) is 1. The minimum Gasteiger partial charge on any atom is -0.495 e. The summed E-state index contributed by atoms with van der Waals surface area (Å²) in [5.41, 5.74) is 6.42. The molecule has 94 valence electrons. The highest BCUT2D eigenvalue weighted by atomic mass is 35.5. The van der Waals surface area contributed by atoms with Crippen LogP contribution in [0.25, 0.3) is 0 Å². The molecule has 2 atom stereocenters. The van der Waals surface area contributed by atoms with Crippen molar-refractivity contribution in [1.82, 2.24) is 0 Å². The summed E-state index contributed by atoms with van der Waals surface area (Å²) in [6, 6.07) is 5.47. The van der Waals surface area contributed by atoms with Crippen molar-refractivity contribution in [1.29, 1.82) is 0 Å². The molecule has 4 nitrogen and oxygen atoms in total. The van der Waals surface area contributed by atoms with Gasteiger partial charge in [0.1, 0.15) is 5.75 Å². The van der Waals surface area contributed by atoms with Crippen LogP contribution < -0.4 is 10.5 Å². The minimum absolute atomic E-state index is 0.0686. The minimum atomic E-state index is -0.778. The Hall–Kier alpha value is -0.810. The van der Waals surface area contributed by atoms with Gasteiger partial charge in [0.2, 0.25) is 0 Å². The van der Waals surface area contributed by atoms with Crippen LogP contribution in [0, 0.1) is 0 Å². The van der Waals surface area contributed by atoms with E-state index < -0.39 is 5.79 Å². The summed E-state index contributed by atoms with van der Waals surface area (Å²) >= 11 is 6.08. The first-order valence-corrected chi connectivity index (χ1v) is 5.82. The van der Waals surface area contributed by atoms with E-state index in [-0.39, 0.29) is 6.10 Å². The van der Waals surface area contributed by atoms with Crippen molar-refractivity contribution >= 4 is 11.6 Å². The number of rotatable bonds is 3. The average molecular weight is 258 g/mol. The monoisotopic (exact) mass is 257 g/mol. The topological polar surface area (TPSA) is 53.7 Å². The maximum absolute atomic E-state index is 6.08. The molecule has 17 heavy (non-hydrogen) atoms. The molecule has 1 aliphatic heterocycles. The standard InChI is InChI=1S/C12H16ClNO3/c1-12(16-7-9(6-14)17-12)8-3-4-11(15-2)10(13)5-8/h3-5,9H,6-7,14H2,1-2H3. The lowest BCUT2D eigenvalue weighted by Crippen LogP contribution is -2.27. The molecule has 2 rings (SSSR count). The van der Waals surface area contributed by atoms with Gasteiger partial charge < -0.3 is 19.9 Å². The van der Waals surface area contributed by atoms with Crippen LogP contribution in [0.1, 0.15) is 12.5 Å². The van der Waals surface area contributed by atoms with Crippen molar-refractivity contribution in [2.24, 2.45) is 5.73 Å². The first-order chi connectivity index (χ1) is 8.09. The second-order valence-corrected chi connectivity index (χ2v) is 4.49. The molecule has 0 radical (unpaired) electrons. The largest absolute Gasteiger partial charge is 0.495 e. The van der Waals surface area contributed by atoms with Gasteiger partial charge in [-0.3, -0.25) is 0 Å². The fourth-order valence-corrected chi connectivity index (χ4v) is 2.11. The normalized spacial score (nSPS) is 28.4. The Morgan fingerprint density at radius 2 is 2.35 bits per heavy atom. The molecule has 2 unspecified atom stereocenters. The van der Waals surface area contributed by atoms with Crippen LogP contribution >= 0.6 is 11.6 Å². The first-order valence-electron chi connectivity index (χ1n) is 5.45. The molecule has 0 saturated carbocycles. The summed E-state index contributed by atoms with van der Waals surface area (Å²) in [7, 11) is 1.58. The predicted molar refractivity (Wildman–Crippen MR) is 65.2 cm³/mol. The Balaban J connectivity index is 2.25. The summed E-state index contributed by atoms with van der Waals surface area (Å²) in [5.74, 6) is -0.146. The molecular weight excluding hydrogens is 242 g/mol. The average Bonchev–Trinajstić information content (AvgIpc) is 2.72. The lowest BCUT2D eigenvalue weighted by molar-refractivity contribution is -0.160. The number of benzene rings is 1. The van der Waals surface area contributed by atoms with E-state index in [1.807, 2.05) is 13.0 Å². The van der Waals surface area contributed by atoms with Crippen molar-refractivity contribution in [3.05, 3.63) is 28.8 Å². The van der Waals surface area contributed by atoms with Gasteiger partial charge in [0.15, 0.2) is 5.79 Å². The highest BCUT2D eigenvalue weighted by Gasteiger charge is 2.38. The molecule has 1 heterocycles. The Kier molecular flexibility index (Phi) is 3.58. The van der Waals surface area contributed by atoms with E-state index in [4.69, 9.17) is 31.5 Å². The van der Waals surface area contributed by atoms with Crippen molar-refractivity contribution in [3.63, 3.8) is 0 Å².